The number of amides is 1. The van der Waals surface area contributed by atoms with Crippen LogP contribution in [0.4, 0.5) is 4.39 Å². The highest BCUT2D eigenvalue weighted by atomic mass is 19.1. The maximum absolute atomic E-state index is 13.0. The number of nitrogens with one attached hydrogen (secondary N) is 1. The average molecular weight is 253 g/mol. The molecule has 0 bridgehead atoms. The molecule has 0 aliphatic heterocycles. The highest BCUT2D eigenvalue weighted by Crippen LogP contribution is 2.14. The highest BCUT2D eigenvalue weighted by molar-refractivity contribution is 5.79. The number of carbonyl (C=O) groups excluding carboxylic acids is 1. The smallest absolute Gasteiger partial charge is 0.224 e. The molecule has 0 fully saturated rings. The Morgan fingerprint density at radius 2 is 2.22 bits per heavy atom. The quantitative estimate of drug-likeness (QED) is 0.815. The molecule has 0 aromatic heterocycles. The van der Waals surface area contributed by atoms with E-state index in [1.165, 1.54) is 12.1 Å². The zero-order valence-corrected chi connectivity index (χ0v) is 10.9. The SMILES string of the molecule is CCC(C)(CCO)NC(=O)Cc1cccc(F)c1. The van der Waals surface area contributed by atoms with Gasteiger partial charge in [-0.1, -0.05) is 19.1 Å². The van der Waals surface area contributed by atoms with Crippen molar-refractivity contribution in [2.75, 3.05) is 6.61 Å². The number of rotatable bonds is 6. The summed E-state index contributed by atoms with van der Waals surface area (Å²) in [7, 11) is 0. The first kappa shape index (κ1) is 14.6. The van der Waals surface area contributed by atoms with Crippen molar-refractivity contribution in [1.29, 1.82) is 0 Å². The third-order valence-corrected chi connectivity index (χ3v) is 3.14. The Morgan fingerprint density at radius 3 is 2.78 bits per heavy atom. The van der Waals surface area contributed by atoms with Gasteiger partial charge in [-0.05, 0) is 37.5 Å². The second-order valence-corrected chi connectivity index (χ2v) is 4.74. The van der Waals surface area contributed by atoms with Crippen LogP contribution in [0.25, 0.3) is 0 Å². The monoisotopic (exact) mass is 253 g/mol. The van der Waals surface area contributed by atoms with Gasteiger partial charge in [-0.15, -0.1) is 0 Å². The number of aliphatic hydroxyl groups is 1. The minimum Gasteiger partial charge on any atom is -0.396 e. The van der Waals surface area contributed by atoms with Crippen LogP contribution < -0.4 is 5.32 Å². The lowest BCUT2D eigenvalue weighted by Gasteiger charge is -2.29. The summed E-state index contributed by atoms with van der Waals surface area (Å²) in [5, 5.41) is 11.9. The van der Waals surface area contributed by atoms with E-state index in [2.05, 4.69) is 5.32 Å². The molecule has 0 saturated heterocycles. The van der Waals surface area contributed by atoms with Crippen molar-refractivity contribution in [2.24, 2.45) is 0 Å². The normalized spacial score (nSPS) is 14.0. The summed E-state index contributed by atoms with van der Waals surface area (Å²) >= 11 is 0. The second-order valence-electron chi connectivity index (χ2n) is 4.74. The standard InChI is InChI=1S/C14H20FNO2/c1-3-14(2,7-8-17)16-13(18)10-11-5-4-6-12(15)9-11/h4-6,9,17H,3,7-8,10H2,1-2H3,(H,16,18). The zero-order valence-electron chi connectivity index (χ0n) is 10.9. The maximum Gasteiger partial charge on any atom is 0.224 e. The fourth-order valence-electron chi connectivity index (χ4n) is 1.79. The molecule has 100 valence electrons. The molecule has 1 aromatic carbocycles. The number of halogens is 1. The van der Waals surface area contributed by atoms with Crippen molar-refractivity contribution in [3.63, 3.8) is 0 Å². The molecule has 3 nitrogen and oxygen atoms in total. The second kappa shape index (κ2) is 6.50. The third-order valence-electron chi connectivity index (χ3n) is 3.14. The molecule has 0 radical (unpaired) electrons. The number of benzene rings is 1. The van der Waals surface area contributed by atoms with E-state index in [0.29, 0.717) is 12.0 Å². The van der Waals surface area contributed by atoms with Crippen LogP contribution in [0.3, 0.4) is 0 Å². The number of carbonyl (C=O) groups is 1. The van der Waals surface area contributed by atoms with Crippen LogP contribution in [-0.4, -0.2) is 23.2 Å². The Labute approximate surface area is 107 Å². The molecule has 4 heteroatoms. The maximum atomic E-state index is 13.0. The Kier molecular flexibility index (Phi) is 5.28. The molecule has 1 aromatic rings. The number of aliphatic hydroxyl groups excluding tert-OH is 1. The van der Waals surface area contributed by atoms with Gasteiger partial charge in [0.15, 0.2) is 0 Å². The van der Waals surface area contributed by atoms with Crippen molar-refractivity contribution in [3.8, 4) is 0 Å². The first-order valence-corrected chi connectivity index (χ1v) is 6.15. The number of hydrogen-bond acceptors (Lipinski definition) is 2. The van der Waals surface area contributed by atoms with Crippen LogP contribution in [0.1, 0.15) is 32.3 Å². The Balaban J connectivity index is 2.61. The molecular weight excluding hydrogens is 233 g/mol. The summed E-state index contributed by atoms with van der Waals surface area (Å²) in [6.07, 6.45) is 1.40. The van der Waals surface area contributed by atoms with E-state index in [1.807, 2.05) is 13.8 Å². The first-order chi connectivity index (χ1) is 8.49. The van der Waals surface area contributed by atoms with Crippen LogP contribution in [0, 0.1) is 5.82 Å². The van der Waals surface area contributed by atoms with Crippen LogP contribution in [0.5, 0.6) is 0 Å². The Morgan fingerprint density at radius 1 is 1.50 bits per heavy atom. The van der Waals surface area contributed by atoms with Crippen molar-refractivity contribution < 1.29 is 14.3 Å². The molecule has 1 amide bonds. The van der Waals surface area contributed by atoms with Crippen LogP contribution >= 0.6 is 0 Å². The Hall–Kier alpha value is -1.42. The molecule has 1 rings (SSSR count). The van der Waals surface area contributed by atoms with E-state index in [-0.39, 0.29) is 24.8 Å². The fraction of sp³-hybridized carbons (Fsp3) is 0.500. The summed E-state index contributed by atoms with van der Waals surface area (Å²) < 4.78 is 13.0. The minimum atomic E-state index is -0.404. The fourth-order valence-corrected chi connectivity index (χ4v) is 1.79. The Bertz CT molecular complexity index is 409. The van der Waals surface area contributed by atoms with Gasteiger partial charge in [-0.25, -0.2) is 4.39 Å². The summed E-state index contributed by atoms with van der Waals surface area (Å²) in [5.41, 5.74) is 0.244. The van der Waals surface area contributed by atoms with Gasteiger partial charge in [0.2, 0.25) is 5.91 Å². The molecular formula is C14H20FNO2. The van der Waals surface area contributed by atoms with Gasteiger partial charge in [0, 0.05) is 12.1 Å². The average Bonchev–Trinajstić information content (AvgIpc) is 2.29. The van der Waals surface area contributed by atoms with Crippen molar-refractivity contribution >= 4 is 5.91 Å². The molecule has 0 aliphatic carbocycles. The van der Waals surface area contributed by atoms with Gasteiger partial charge < -0.3 is 10.4 Å². The van der Waals surface area contributed by atoms with E-state index in [1.54, 1.807) is 12.1 Å². The molecule has 1 atom stereocenters. The lowest BCUT2D eigenvalue weighted by Crippen LogP contribution is -2.46. The first-order valence-electron chi connectivity index (χ1n) is 6.15. The molecule has 1 unspecified atom stereocenters. The predicted molar refractivity (Wildman–Crippen MR) is 68.6 cm³/mol. The van der Waals surface area contributed by atoms with E-state index in [4.69, 9.17) is 5.11 Å². The van der Waals surface area contributed by atoms with Crippen molar-refractivity contribution in [1.82, 2.24) is 5.32 Å². The minimum absolute atomic E-state index is 0.0323. The van der Waals surface area contributed by atoms with Gasteiger partial charge >= 0.3 is 0 Å². The number of hydrogen-bond donors (Lipinski definition) is 2. The third kappa shape index (κ3) is 4.45. The molecule has 0 spiro atoms. The van der Waals surface area contributed by atoms with E-state index >= 15 is 0 Å². The van der Waals surface area contributed by atoms with E-state index in [0.717, 1.165) is 6.42 Å². The molecule has 0 heterocycles. The van der Waals surface area contributed by atoms with Crippen LogP contribution in [-0.2, 0) is 11.2 Å². The van der Waals surface area contributed by atoms with Gasteiger partial charge in [0.05, 0.1) is 6.42 Å². The molecule has 0 saturated carbocycles. The predicted octanol–water partition coefficient (Wildman–Crippen LogP) is 2.04. The highest BCUT2D eigenvalue weighted by Gasteiger charge is 2.23. The summed E-state index contributed by atoms with van der Waals surface area (Å²) in [5.74, 6) is -0.493. The van der Waals surface area contributed by atoms with Gasteiger partial charge in [0.1, 0.15) is 5.82 Å². The van der Waals surface area contributed by atoms with E-state index < -0.39 is 5.54 Å². The molecule has 2 N–H and O–H groups in total. The summed E-state index contributed by atoms with van der Waals surface area (Å²) in [6.45, 7) is 3.88. The van der Waals surface area contributed by atoms with Gasteiger partial charge in [-0.3, -0.25) is 4.79 Å². The van der Waals surface area contributed by atoms with E-state index in [9.17, 15) is 9.18 Å². The van der Waals surface area contributed by atoms with Crippen LogP contribution in [0.15, 0.2) is 24.3 Å². The lowest BCUT2D eigenvalue weighted by atomic mass is 9.94. The lowest BCUT2D eigenvalue weighted by molar-refractivity contribution is -0.122. The zero-order chi connectivity index (χ0) is 13.6. The van der Waals surface area contributed by atoms with Gasteiger partial charge in [-0.2, -0.15) is 0 Å². The summed E-state index contributed by atoms with van der Waals surface area (Å²) in [6, 6.07) is 6.01. The summed E-state index contributed by atoms with van der Waals surface area (Å²) in [4.78, 5) is 11.9. The van der Waals surface area contributed by atoms with Gasteiger partial charge in [0.25, 0.3) is 0 Å². The molecule has 18 heavy (non-hydrogen) atoms. The van der Waals surface area contributed by atoms with Crippen molar-refractivity contribution in [2.45, 2.75) is 38.6 Å². The largest absolute Gasteiger partial charge is 0.396 e. The van der Waals surface area contributed by atoms with Crippen LogP contribution in [0.2, 0.25) is 0 Å². The topological polar surface area (TPSA) is 49.3 Å². The molecule has 0 aliphatic rings. The van der Waals surface area contributed by atoms with Crippen molar-refractivity contribution in [3.05, 3.63) is 35.6 Å².